The van der Waals surface area contributed by atoms with E-state index >= 15 is 0 Å². The number of halogens is 1. The molecular formula is C7H13ClN2O3. The maximum atomic E-state index is 10.5. The van der Waals surface area contributed by atoms with E-state index in [-0.39, 0.29) is 24.7 Å². The summed E-state index contributed by atoms with van der Waals surface area (Å²) in [7, 11) is 0. The molecule has 1 rings (SSSR count). The van der Waals surface area contributed by atoms with Gasteiger partial charge in [-0.15, -0.1) is 12.4 Å². The molecule has 0 unspecified atom stereocenters. The first kappa shape index (κ1) is 12.2. The predicted molar refractivity (Wildman–Crippen MR) is 48.3 cm³/mol. The lowest BCUT2D eigenvalue weighted by molar-refractivity contribution is -0.149. The van der Waals surface area contributed by atoms with Crippen molar-refractivity contribution >= 4 is 24.3 Å². The van der Waals surface area contributed by atoms with Gasteiger partial charge >= 0.3 is 5.97 Å². The summed E-state index contributed by atoms with van der Waals surface area (Å²) in [4.78, 5) is 20.9. The summed E-state index contributed by atoms with van der Waals surface area (Å²) in [5.74, 6) is -1.33. The number of carboxylic acid groups (broad SMARTS) is 1. The number of carbonyl (C=O) groups excluding carboxylic acids is 1. The van der Waals surface area contributed by atoms with Gasteiger partial charge in [-0.25, -0.2) is 0 Å². The summed E-state index contributed by atoms with van der Waals surface area (Å²) in [5.41, 5.74) is 9.29. The van der Waals surface area contributed by atoms with E-state index < -0.39 is 17.4 Å². The highest BCUT2D eigenvalue weighted by molar-refractivity contribution is 5.85. The molecule has 0 atom stereocenters. The normalized spacial score (nSPS) is 31.3. The molecule has 6 heteroatoms. The maximum absolute atomic E-state index is 10.5. The minimum absolute atomic E-state index is 0. The van der Waals surface area contributed by atoms with Gasteiger partial charge in [0, 0.05) is 6.42 Å². The molecule has 1 aliphatic rings. The predicted octanol–water partition coefficient (Wildman–Crippen LogP) is -0.524. The van der Waals surface area contributed by atoms with E-state index in [9.17, 15) is 9.59 Å². The fraction of sp³-hybridized carbons (Fsp3) is 0.714. The summed E-state index contributed by atoms with van der Waals surface area (Å²) in [5, 5.41) is 8.60. The summed E-state index contributed by atoms with van der Waals surface area (Å²) < 4.78 is 0. The number of hydrogen-bond donors (Lipinski definition) is 3. The Morgan fingerprint density at radius 3 is 2.23 bits per heavy atom. The third-order valence-corrected chi connectivity index (χ3v) is 2.22. The van der Waals surface area contributed by atoms with Gasteiger partial charge in [-0.1, -0.05) is 0 Å². The van der Waals surface area contributed by atoms with Crippen molar-refractivity contribution in [1.29, 1.82) is 0 Å². The lowest BCUT2D eigenvalue weighted by Crippen LogP contribution is -2.58. The molecule has 1 amide bonds. The Hall–Kier alpha value is -0.810. The molecule has 5 N–H and O–H groups in total. The second-order valence-corrected chi connectivity index (χ2v) is 3.41. The molecule has 0 heterocycles. The van der Waals surface area contributed by atoms with Gasteiger partial charge in [0.15, 0.2) is 0 Å². The van der Waals surface area contributed by atoms with Gasteiger partial charge in [-0.3, -0.25) is 9.59 Å². The second-order valence-electron chi connectivity index (χ2n) is 3.41. The zero-order chi connectivity index (χ0) is 9.35. The molecule has 0 aromatic heterocycles. The van der Waals surface area contributed by atoms with Crippen molar-refractivity contribution in [1.82, 2.24) is 0 Å². The number of amides is 1. The monoisotopic (exact) mass is 208 g/mol. The lowest BCUT2D eigenvalue weighted by atomic mass is 9.67. The Labute approximate surface area is 81.9 Å². The summed E-state index contributed by atoms with van der Waals surface area (Å²) >= 11 is 0. The molecule has 1 saturated carbocycles. The van der Waals surface area contributed by atoms with E-state index in [1.165, 1.54) is 0 Å². The van der Waals surface area contributed by atoms with Gasteiger partial charge in [0.1, 0.15) is 5.54 Å². The van der Waals surface area contributed by atoms with Crippen molar-refractivity contribution < 1.29 is 14.7 Å². The van der Waals surface area contributed by atoms with Crippen LogP contribution in [0.2, 0.25) is 0 Å². The number of carbonyl (C=O) groups is 2. The van der Waals surface area contributed by atoms with Crippen LogP contribution in [0.3, 0.4) is 0 Å². The van der Waals surface area contributed by atoms with Crippen LogP contribution in [0.5, 0.6) is 0 Å². The van der Waals surface area contributed by atoms with Crippen LogP contribution in [0, 0.1) is 5.92 Å². The number of primary amides is 1. The molecular weight excluding hydrogens is 196 g/mol. The van der Waals surface area contributed by atoms with Crippen LogP contribution in [-0.2, 0) is 9.59 Å². The van der Waals surface area contributed by atoms with Gasteiger partial charge in [-0.2, -0.15) is 0 Å². The zero-order valence-corrected chi connectivity index (χ0v) is 7.84. The first-order chi connectivity index (χ1) is 5.44. The van der Waals surface area contributed by atoms with Gasteiger partial charge in [0.05, 0.1) is 0 Å². The largest absolute Gasteiger partial charge is 0.480 e. The van der Waals surface area contributed by atoms with E-state index in [1.54, 1.807) is 0 Å². The maximum Gasteiger partial charge on any atom is 0.323 e. The van der Waals surface area contributed by atoms with Gasteiger partial charge in [-0.05, 0) is 18.8 Å². The number of rotatable bonds is 3. The third kappa shape index (κ3) is 2.57. The fourth-order valence-corrected chi connectivity index (χ4v) is 1.57. The van der Waals surface area contributed by atoms with Crippen LogP contribution in [0.4, 0.5) is 0 Å². The van der Waals surface area contributed by atoms with Crippen molar-refractivity contribution in [2.45, 2.75) is 24.8 Å². The smallest absolute Gasteiger partial charge is 0.323 e. The topological polar surface area (TPSA) is 106 Å². The highest BCUT2D eigenvalue weighted by atomic mass is 35.5. The Balaban J connectivity index is 0.00000144. The molecule has 0 aromatic rings. The van der Waals surface area contributed by atoms with E-state index in [1.807, 2.05) is 0 Å². The third-order valence-electron chi connectivity index (χ3n) is 2.22. The first-order valence-electron chi connectivity index (χ1n) is 3.74. The van der Waals surface area contributed by atoms with Crippen LogP contribution in [0.25, 0.3) is 0 Å². The molecule has 13 heavy (non-hydrogen) atoms. The average Bonchev–Trinajstić information content (AvgIpc) is 1.82. The van der Waals surface area contributed by atoms with E-state index in [0.717, 1.165) is 0 Å². The zero-order valence-electron chi connectivity index (χ0n) is 7.03. The average molecular weight is 209 g/mol. The van der Waals surface area contributed by atoms with Crippen molar-refractivity contribution in [2.24, 2.45) is 17.4 Å². The second kappa shape index (κ2) is 3.93. The number of nitrogens with two attached hydrogens (primary N) is 2. The van der Waals surface area contributed by atoms with Gasteiger partial charge in [0.2, 0.25) is 5.91 Å². The number of hydrogen-bond acceptors (Lipinski definition) is 3. The van der Waals surface area contributed by atoms with Crippen LogP contribution >= 0.6 is 12.4 Å². The highest BCUT2D eigenvalue weighted by Crippen LogP contribution is 2.37. The van der Waals surface area contributed by atoms with Crippen molar-refractivity contribution in [2.75, 3.05) is 0 Å². The summed E-state index contributed by atoms with van der Waals surface area (Å²) in [6, 6.07) is 0. The molecule has 0 saturated heterocycles. The Bertz CT molecular complexity index is 226. The summed E-state index contributed by atoms with van der Waals surface area (Å²) in [6.45, 7) is 0. The van der Waals surface area contributed by atoms with Crippen molar-refractivity contribution in [3.8, 4) is 0 Å². The molecule has 0 spiro atoms. The minimum Gasteiger partial charge on any atom is -0.480 e. The quantitative estimate of drug-likeness (QED) is 0.580. The molecule has 0 radical (unpaired) electrons. The SMILES string of the molecule is Cl.NC(=O)CC1CC(N)(C(=O)O)C1. The van der Waals surface area contributed by atoms with Crippen LogP contribution in [0.15, 0.2) is 0 Å². The van der Waals surface area contributed by atoms with Crippen LogP contribution in [-0.4, -0.2) is 22.5 Å². The highest BCUT2D eigenvalue weighted by Gasteiger charge is 2.47. The standard InChI is InChI=1S/C7H12N2O3.ClH/c8-5(10)1-4-2-7(9,3-4)6(11)12;/h4H,1-3,9H2,(H2,8,10)(H,11,12);1H. The molecule has 0 bridgehead atoms. The summed E-state index contributed by atoms with van der Waals surface area (Å²) in [6.07, 6.45) is 0.947. The first-order valence-corrected chi connectivity index (χ1v) is 3.74. The molecule has 1 fully saturated rings. The van der Waals surface area contributed by atoms with E-state index in [2.05, 4.69) is 0 Å². The molecule has 0 aliphatic heterocycles. The number of carboxylic acids is 1. The van der Waals surface area contributed by atoms with Gasteiger partial charge in [0.25, 0.3) is 0 Å². The molecule has 1 aliphatic carbocycles. The molecule has 76 valence electrons. The lowest BCUT2D eigenvalue weighted by Gasteiger charge is -2.40. The molecule has 0 aromatic carbocycles. The van der Waals surface area contributed by atoms with E-state index in [0.29, 0.717) is 12.8 Å². The van der Waals surface area contributed by atoms with Gasteiger partial charge < -0.3 is 16.6 Å². The Morgan fingerprint density at radius 2 is 1.92 bits per heavy atom. The van der Waals surface area contributed by atoms with Crippen LogP contribution in [0.1, 0.15) is 19.3 Å². The Morgan fingerprint density at radius 1 is 1.46 bits per heavy atom. The fourth-order valence-electron chi connectivity index (χ4n) is 1.57. The Kier molecular flexibility index (Phi) is 3.69. The minimum atomic E-state index is -1.11. The van der Waals surface area contributed by atoms with E-state index in [4.69, 9.17) is 16.6 Å². The van der Waals surface area contributed by atoms with Crippen LogP contribution < -0.4 is 11.5 Å². The van der Waals surface area contributed by atoms with Crippen molar-refractivity contribution in [3.63, 3.8) is 0 Å². The number of aliphatic carboxylic acids is 1. The molecule has 5 nitrogen and oxygen atoms in total. The van der Waals surface area contributed by atoms with Crippen molar-refractivity contribution in [3.05, 3.63) is 0 Å².